The van der Waals surface area contributed by atoms with Crippen LogP contribution in [0.3, 0.4) is 0 Å². The van der Waals surface area contributed by atoms with Gasteiger partial charge in [0.1, 0.15) is 22.9 Å². The summed E-state index contributed by atoms with van der Waals surface area (Å²) in [6.45, 7) is 0.354. The number of hydrogen-bond acceptors (Lipinski definition) is 4. The van der Waals surface area contributed by atoms with Crippen LogP contribution >= 0.6 is 0 Å². The quantitative estimate of drug-likeness (QED) is 0.759. The minimum Gasteiger partial charge on any atom is -0.340 e. The van der Waals surface area contributed by atoms with Crippen LogP contribution in [0.2, 0.25) is 0 Å². The zero-order valence-corrected chi connectivity index (χ0v) is 13.1. The first kappa shape index (κ1) is 15.3. The number of halogens is 1. The Balaban J connectivity index is 1.50. The number of hydrogen-bond donors (Lipinski definition) is 2. The summed E-state index contributed by atoms with van der Waals surface area (Å²) in [6, 6.07) is 10.3. The molecule has 2 heterocycles. The van der Waals surface area contributed by atoms with Crippen LogP contribution in [0.4, 0.5) is 10.1 Å². The fraction of sp³-hybridized carbons (Fsp3) is 0.176. The van der Waals surface area contributed by atoms with E-state index in [1.807, 2.05) is 0 Å². The van der Waals surface area contributed by atoms with Gasteiger partial charge in [-0.2, -0.15) is 15.4 Å². The third-order valence-electron chi connectivity index (χ3n) is 4.23. The third kappa shape index (κ3) is 2.71. The lowest BCUT2D eigenvalue weighted by Crippen LogP contribution is -2.41. The van der Waals surface area contributed by atoms with Gasteiger partial charge >= 0.3 is 0 Å². The van der Waals surface area contributed by atoms with E-state index in [1.165, 1.54) is 11.0 Å². The molecule has 0 radical (unpaired) electrons. The Bertz CT molecular complexity index is 970. The van der Waals surface area contributed by atoms with Crippen molar-refractivity contribution < 1.29 is 14.0 Å². The Morgan fingerprint density at radius 3 is 2.84 bits per heavy atom. The lowest BCUT2D eigenvalue weighted by Gasteiger charge is -2.17. The molecule has 1 saturated heterocycles. The lowest BCUT2D eigenvalue weighted by molar-refractivity contribution is -0.118. The molecule has 126 valence electrons. The zero-order valence-electron chi connectivity index (χ0n) is 13.1. The maximum absolute atomic E-state index is 13.9. The lowest BCUT2D eigenvalue weighted by atomic mass is 10.1. The predicted octanol–water partition coefficient (Wildman–Crippen LogP) is 1.63. The van der Waals surface area contributed by atoms with Crippen molar-refractivity contribution in [1.82, 2.24) is 20.7 Å². The van der Waals surface area contributed by atoms with E-state index >= 15 is 0 Å². The fourth-order valence-electron chi connectivity index (χ4n) is 2.95. The molecule has 1 fully saturated rings. The van der Waals surface area contributed by atoms with Crippen molar-refractivity contribution in [3.8, 4) is 0 Å². The van der Waals surface area contributed by atoms with Crippen molar-refractivity contribution >= 4 is 28.5 Å². The predicted molar refractivity (Wildman–Crippen MR) is 88.5 cm³/mol. The van der Waals surface area contributed by atoms with Crippen molar-refractivity contribution in [2.45, 2.75) is 12.5 Å². The minimum absolute atomic E-state index is 0.230. The Morgan fingerprint density at radius 2 is 2.00 bits per heavy atom. The summed E-state index contributed by atoms with van der Waals surface area (Å²) in [4.78, 5) is 26.3. The number of benzene rings is 2. The van der Waals surface area contributed by atoms with E-state index in [0.717, 1.165) is 0 Å². The van der Waals surface area contributed by atoms with Gasteiger partial charge in [-0.1, -0.05) is 12.1 Å². The second-order valence-electron chi connectivity index (χ2n) is 5.78. The first-order chi connectivity index (χ1) is 12.1. The molecule has 3 aromatic rings. The van der Waals surface area contributed by atoms with E-state index in [4.69, 9.17) is 0 Å². The topological polar surface area (TPSA) is 91.0 Å². The van der Waals surface area contributed by atoms with E-state index < -0.39 is 11.9 Å². The highest BCUT2D eigenvalue weighted by molar-refractivity contribution is 6.04. The first-order valence-electron chi connectivity index (χ1n) is 7.81. The summed E-state index contributed by atoms with van der Waals surface area (Å²) in [5.41, 5.74) is 1.84. The van der Waals surface area contributed by atoms with E-state index in [1.54, 1.807) is 36.4 Å². The summed E-state index contributed by atoms with van der Waals surface area (Å²) in [5, 5.41) is 13.1. The highest BCUT2D eigenvalue weighted by Crippen LogP contribution is 2.24. The van der Waals surface area contributed by atoms with Crippen molar-refractivity contribution in [3.63, 3.8) is 0 Å². The van der Waals surface area contributed by atoms with E-state index in [9.17, 15) is 14.0 Å². The summed E-state index contributed by atoms with van der Waals surface area (Å²) < 4.78 is 13.9. The molecule has 0 saturated carbocycles. The van der Waals surface area contributed by atoms with Gasteiger partial charge in [-0.3, -0.25) is 9.59 Å². The standard InChI is InChI=1S/C17H14FN5O2/c18-11-3-1-2-4-15(11)23-8-7-13(17(23)25)19-16(24)10-5-6-12-14(9-10)21-22-20-12/h1-6,9,13H,7-8H2,(H,19,24)(H,20,21,22)/t13-/m0/s1. The Hall–Kier alpha value is -3.29. The van der Waals surface area contributed by atoms with Gasteiger partial charge in [0.05, 0.1) is 5.69 Å². The van der Waals surface area contributed by atoms with Gasteiger partial charge in [0.2, 0.25) is 5.91 Å². The van der Waals surface area contributed by atoms with E-state index in [-0.39, 0.29) is 17.5 Å². The number of para-hydroxylation sites is 1. The maximum Gasteiger partial charge on any atom is 0.252 e. The molecule has 1 aliphatic heterocycles. The number of nitrogens with zero attached hydrogens (tertiary/aromatic N) is 3. The fourth-order valence-corrected chi connectivity index (χ4v) is 2.95. The Morgan fingerprint density at radius 1 is 1.20 bits per heavy atom. The van der Waals surface area contributed by atoms with Crippen molar-refractivity contribution in [1.29, 1.82) is 0 Å². The molecule has 1 aliphatic rings. The van der Waals surface area contributed by atoms with Crippen molar-refractivity contribution in [2.75, 3.05) is 11.4 Å². The summed E-state index contributed by atoms with van der Waals surface area (Å²) >= 11 is 0. The molecular formula is C17H14FN5O2. The molecule has 1 aromatic heterocycles. The summed E-state index contributed by atoms with van der Waals surface area (Å²) in [5.74, 6) is -1.15. The van der Waals surface area contributed by atoms with Crippen LogP contribution in [-0.2, 0) is 4.79 Å². The summed E-state index contributed by atoms with van der Waals surface area (Å²) in [7, 11) is 0. The number of fused-ring (bicyclic) bond motifs is 1. The van der Waals surface area contributed by atoms with Gasteiger partial charge in [-0.25, -0.2) is 4.39 Å². The average Bonchev–Trinajstić information content (AvgIpc) is 3.22. The molecule has 25 heavy (non-hydrogen) atoms. The number of anilines is 1. The van der Waals surface area contributed by atoms with Crippen LogP contribution in [0.25, 0.3) is 11.0 Å². The first-order valence-corrected chi connectivity index (χ1v) is 7.81. The number of rotatable bonds is 3. The maximum atomic E-state index is 13.9. The van der Waals surface area contributed by atoms with Crippen LogP contribution in [0, 0.1) is 5.82 Å². The molecule has 0 aliphatic carbocycles. The number of aromatic nitrogens is 3. The highest BCUT2D eigenvalue weighted by atomic mass is 19.1. The molecule has 2 amide bonds. The SMILES string of the molecule is O=C(N[C@H]1CCN(c2ccccc2F)C1=O)c1ccc2n[nH]nc2c1. The number of aromatic amines is 1. The van der Waals surface area contributed by atoms with Crippen LogP contribution in [0.1, 0.15) is 16.8 Å². The largest absolute Gasteiger partial charge is 0.340 e. The Labute approximate surface area is 141 Å². The smallest absolute Gasteiger partial charge is 0.252 e. The van der Waals surface area contributed by atoms with Gasteiger partial charge in [-0.05, 0) is 36.8 Å². The third-order valence-corrected chi connectivity index (χ3v) is 4.23. The number of carbonyl (C=O) groups excluding carboxylic acids is 2. The number of amides is 2. The van der Waals surface area contributed by atoms with E-state index in [2.05, 4.69) is 20.7 Å². The molecule has 7 nitrogen and oxygen atoms in total. The normalized spacial score (nSPS) is 17.2. The molecule has 8 heteroatoms. The van der Waals surface area contributed by atoms with Crippen LogP contribution in [0.15, 0.2) is 42.5 Å². The summed E-state index contributed by atoms with van der Waals surface area (Å²) in [6.07, 6.45) is 0.422. The number of nitrogens with one attached hydrogen (secondary N) is 2. The van der Waals surface area contributed by atoms with Crippen molar-refractivity contribution in [2.24, 2.45) is 0 Å². The monoisotopic (exact) mass is 339 g/mol. The number of carbonyl (C=O) groups is 2. The van der Waals surface area contributed by atoms with Gasteiger partial charge in [0.25, 0.3) is 5.91 Å². The van der Waals surface area contributed by atoms with Gasteiger partial charge < -0.3 is 10.2 Å². The highest BCUT2D eigenvalue weighted by Gasteiger charge is 2.34. The van der Waals surface area contributed by atoms with E-state index in [0.29, 0.717) is 29.6 Å². The molecule has 0 unspecified atom stereocenters. The molecular weight excluding hydrogens is 325 g/mol. The van der Waals surface area contributed by atoms with Crippen LogP contribution in [-0.4, -0.2) is 39.8 Å². The van der Waals surface area contributed by atoms with Gasteiger partial charge in [0.15, 0.2) is 0 Å². The Kier molecular flexibility index (Phi) is 3.64. The van der Waals surface area contributed by atoms with Gasteiger partial charge in [0, 0.05) is 12.1 Å². The van der Waals surface area contributed by atoms with Crippen LogP contribution < -0.4 is 10.2 Å². The molecule has 1 atom stereocenters. The molecule has 2 N–H and O–H groups in total. The van der Waals surface area contributed by atoms with Gasteiger partial charge in [-0.15, -0.1) is 0 Å². The van der Waals surface area contributed by atoms with Crippen molar-refractivity contribution in [3.05, 3.63) is 53.8 Å². The molecule has 0 spiro atoms. The average molecular weight is 339 g/mol. The second kappa shape index (κ2) is 5.97. The zero-order chi connectivity index (χ0) is 17.4. The molecule has 4 rings (SSSR count). The molecule has 2 aromatic carbocycles. The number of H-pyrrole nitrogens is 1. The molecule has 0 bridgehead atoms. The second-order valence-corrected chi connectivity index (χ2v) is 5.78. The minimum atomic E-state index is -0.680. The van der Waals surface area contributed by atoms with Crippen LogP contribution in [0.5, 0.6) is 0 Å².